The summed E-state index contributed by atoms with van der Waals surface area (Å²) in [5.41, 5.74) is 1.48. The number of carbonyl (C=O) groups is 1. The van der Waals surface area contributed by atoms with Crippen LogP contribution >= 0.6 is 0 Å². The molecule has 1 aromatic carbocycles. The first kappa shape index (κ1) is 17.6. The number of benzene rings is 1. The highest BCUT2D eigenvalue weighted by Gasteiger charge is 2.15. The fourth-order valence-electron chi connectivity index (χ4n) is 2.63. The summed E-state index contributed by atoms with van der Waals surface area (Å²) in [6.07, 6.45) is 2.45. The Morgan fingerprint density at radius 2 is 2.23 bits per heavy atom. The molecule has 0 saturated carbocycles. The average molecular weight is 354 g/mol. The number of urea groups is 1. The molecule has 0 unspecified atom stereocenters. The highest BCUT2D eigenvalue weighted by molar-refractivity contribution is 5.90. The van der Waals surface area contributed by atoms with Crippen molar-refractivity contribution in [2.45, 2.75) is 39.8 Å². The van der Waals surface area contributed by atoms with Crippen LogP contribution in [0.1, 0.15) is 38.0 Å². The highest BCUT2D eigenvalue weighted by atomic mass is 16.2. The smallest absolute Gasteiger partial charge is 0.319 e. The highest BCUT2D eigenvalue weighted by Crippen LogP contribution is 2.19. The summed E-state index contributed by atoms with van der Waals surface area (Å²) in [5, 5.41) is 16.8. The minimum atomic E-state index is -0.313. The largest absolute Gasteiger partial charge is 0.328 e. The van der Waals surface area contributed by atoms with Gasteiger partial charge in [0.2, 0.25) is 0 Å². The van der Waals surface area contributed by atoms with Gasteiger partial charge in [0.25, 0.3) is 0 Å². The predicted molar refractivity (Wildman–Crippen MR) is 97.4 cm³/mol. The van der Waals surface area contributed by atoms with Crippen LogP contribution in [0.25, 0.3) is 11.4 Å². The van der Waals surface area contributed by atoms with E-state index in [1.54, 1.807) is 4.68 Å². The van der Waals surface area contributed by atoms with Gasteiger partial charge in [0.15, 0.2) is 5.82 Å². The second-order valence-corrected chi connectivity index (χ2v) is 5.99. The molecule has 0 aliphatic carbocycles. The van der Waals surface area contributed by atoms with Gasteiger partial charge in [0, 0.05) is 17.8 Å². The maximum atomic E-state index is 12.3. The molecule has 0 aliphatic rings. The molecule has 26 heavy (non-hydrogen) atoms. The molecule has 0 saturated heterocycles. The number of aromatic nitrogens is 6. The van der Waals surface area contributed by atoms with E-state index in [1.807, 2.05) is 38.1 Å². The number of hydrogen-bond acceptors (Lipinski definition) is 5. The second kappa shape index (κ2) is 7.77. The molecular weight excluding hydrogens is 332 g/mol. The Morgan fingerprint density at radius 1 is 1.38 bits per heavy atom. The van der Waals surface area contributed by atoms with Gasteiger partial charge in [-0.15, -0.1) is 0 Å². The quantitative estimate of drug-likeness (QED) is 0.630. The van der Waals surface area contributed by atoms with Crippen molar-refractivity contribution >= 4 is 11.7 Å². The van der Waals surface area contributed by atoms with Crippen LogP contribution in [0.15, 0.2) is 30.6 Å². The average Bonchev–Trinajstić information content (AvgIpc) is 3.24. The summed E-state index contributed by atoms with van der Waals surface area (Å²) < 4.78 is 1.80. The number of aromatic amines is 1. The first-order valence-corrected chi connectivity index (χ1v) is 8.51. The Balaban J connectivity index is 1.65. The zero-order valence-corrected chi connectivity index (χ0v) is 15.0. The molecule has 0 fully saturated rings. The van der Waals surface area contributed by atoms with Gasteiger partial charge in [-0.05, 0) is 32.4 Å². The lowest BCUT2D eigenvalue weighted by atomic mass is 10.2. The van der Waals surface area contributed by atoms with Gasteiger partial charge in [-0.2, -0.15) is 10.2 Å². The van der Waals surface area contributed by atoms with E-state index in [2.05, 4.69) is 42.8 Å². The molecule has 2 aromatic heterocycles. The number of anilines is 1. The molecule has 1 atom stereocenters. The summed E-state index contributed by atoms with van der Waals surface area (Å²) >= 11 is 0. The summed E-state index contributed by atoms with van der Waals surface area (Å²) in [7, 11) is 0. The van der Waals surface area contributed by atoms with Crippen molar-refractivity contribution in [1.29, 1.82) is 0 Å². The van der Waals surface area contributed by atoms with Gasteiger partial charge in [-0.3, -0.25) is 5.10 Å². The van der Waals surface area contributed by atoms with Gasteiger partial charge in [-0.25, -0.2) is 19.4 Å². The van der Waals surface area contributed by atoms with Crippen molar-refractivity contribution in [3.63, 3.8) is 0 Å². The van der Waals surface area contributed by atoms with Crippen molar-refractivity contribution in [3.05, 3.63) is 42.2 Å². The van der Waals surface area contributed by atoms with Gasteiger partial charge in [0.1, 0.15) is 18.0 Å². The summed E-state index contributed by atoms with van der Waals surface area (Å²) in [6, 6.07) is 6.80. The minimum absolute atomic E-state index is 0.261. The molecule has 9 nitrogen and oxygen atoms in total. The molecule has 0 spiro atoms. The monoisotopic (exact) mass is 354 g/mol. The maximum absolute atomic E-state index is 12.3. The molecule has 0 radical (unpaired) electrons. The summed E-state index contributed by atoms with van der Waals surface area (Å²) in [5.74, 6) is 2.06. The fourth-order valence-corrected chi connectivity index (χ4v) is 2.63. The van der Waals surface area contributed by atoms with Crippen LogP contribution in [0.5, 0.6) is 0 Å². The van der Waals surface area contributed by atoms with Crippen LogP contribution in [0.3, 0.4) is 0 Å². The van der Waals surface area contributed by atoms with E-state index in [9.17, 15) is 4.79 Å². The SMILES string of the molecule is CCCn1ncnc1[C@H](C)NC(=O)Nc1cccc(-c2n[nH]c(C)n2)c1. The molecule has 0 aliphatic heterocycles. The first-order chi connectivity index (χ1) is 12.6. The van der Waals surface area contributed by atoms with Crippen LogP contribution in [0, 0.1) is 6.92 Å². The third-order valence-corrected chi connectivity index (χ3v) is 3.79. The second-order valence-electron chi connectivity index (χ2n) is 5.99. The fraction of sp³-hybridized carbons (Fsp3) is 0.353. The number of H-pyrrole nitrogens is 1. The number of amides is 2. The zero-order chi connectivity index (χ0) is 18.5. The minimum Gasteiger partial charge on any atom is -0.328 e. The third-order valence-electron chi connectivity index (χ3n) is 3.79. The van der Waals surface area contributed by atoms with Crippen molar-refractivity contribution in [1.82, 2.24) is 35.3 Å². The topological polar surface area (TPSA) is 113 Å². The lowest BCUT2D eigenvalue weighted by Crippen LogP contribution is -2.32. The van der Waals surface area contributed by atoms with Crippen molar-refractivity contribution < 1.29 is 4.79 Å². The Labute approximate surface area is 151 Å². The lowest BCUT2D eigenvalue weighted by Gasteiger charge is -2.15. The van der Waals surface area contributed by atoms with E-state index in [-0.39, 0.29) is 12.1 Å². The molecule has 136 valence electrons. The lowest BCUT2D eigenvalue weighted by molar-refractivity contribution is 0.248. The zero-order valence-electron chi connectivity index (χ0n) is 15.0. The van der Waals surface area contributed by atoms with Gasteiger partial charge < -0.3 is 10.6 Å². The van der Waals surface area contributed by atoms with Crippen LogP contribution in [-0.4, -0.2) is 36.0 Å². The Hall–Kier alpha value is -3.23. The van der Waals surface area contributed by atoms with Crippen molar-refractivity contribution in [2.75, 3.05) is 5.32 Å². The van der Waals surface area contributed by atoms with E-state index >= 15 is 0 Å². The molecule has 2 heterocycles. The van der Waals surface area contributed by atoms with E-state index in [1.165, 1.54) is 6.33 Å². The number of aryl methyl sites for hydroxylation is 2. The number of carbonyl (C=O) groups excluding carboxylic acids is 1. The standard InChI is InChI=1S/C17H22N8O/c1-4-8-25-16(18-10-19-25)11(2)20-17(26)22-14-7-5-6-13(9-14)15-21-12(3)23-24-15/h5-7,9-11H,4,8H2,1-3H3,(H2,20,22,26)(H,21,23,24)/t11-/m0/s1. The number of nitrogens with zero attached hydrogens (tertiary/aromatic N) is 5. The molecular formula is C17H22N8O. The normalized spacial score (nSPS) is 12.0. The maximum Gasteiger partial charge on any atom is 0.319 e. The van der Waals surface area contributed by atoms with Gasteiger partial charge in [0.05, 0.1) is 6.04 Å². The third kappa shape index (κ3) is 4.05. The molecule has 0 bridgehead atoms. The van der Waals surface area contributed by atoms with Crippen molar-refractivity contribution in [2.24, 2.45) is 0 Å². The van der Waals surface area contributed by atoms with Crippen molar-refractivity contribution in [3.8, 4) is 11.4 Å². The Bertz CT molecular complexity index is 884. The summed E-state index contributed by atoms with van der Waals surface area (Å²) in [6.45, 7) is 6.55. The number of nitrogens with one attached hydrogen (secondary N) is 3. The molecule has 2 amide bonds. The molecule has 3 aromatic rings. The number of hydrogen-bond donors (Lipinski definition) is 3. The van der Waals surface area contributed by atoms with E-state index in [0.717, 1.165) is 30.2 Å². The number of rotatable bonds is 6. The first-order valence-electron chi connectivity index (χ1n) is 8.51. The molecule has 3 rings (SSSR count). The van der Waals surface area contributed by atoms with E-state index < -0.39 is 0 Å². The van der Waals surface area contributed by atoms with Crippen LogP contribution in [-0.2, 0) is 6.54 Å². The van der Waals surface area contributed by atoms with Gasteiger partial charge in [-0.1, -0.05) is 19.1 Å². The summed E-state index contributed by atoms with van der Waals surface area (Å²) in [4.78, 5) is 20.9. The van der Waals surface area contributed by atoms with Crippen LogP contribution in [0.4, 0.5) is 10.5 Å². The van der Waals surface area contributed by atoms with E-state index in [4.69, 9.17) is 0 Å². The van der Waals surface area contributed by atoms with Gasteiger partial charge >= 0.3 is 6.03 Å². The molecule has 3 N–H and O–H groups in total. The van der Waals surface area contributed by atoms with Crippen LogP contribution in [0.2, 0.25) is 0 Å². The Kier molecular flexibility index (Phi) is 5.26. The predicted octanol–water partition coefficient (Wildman–Crippen LogP) is 2.66. The Morgan fingerprint density at radius 3 is 2.96 bits per heavy atom. The van der Waals surface area contributed by atoms with E-state index in [0.29, 0.717) is 11.5 Å². The molecule has 9 heteroatoms. The van der Waals surface area contributed by atoms with Crippen LogP contribution < -0.4 is 10.6 Å².